The molecule has 0 saturated carbocycles. The number of benzene rings is 1. The Kier molecular flexibility index (Phi) is 3.65. The molecule has 76 valence electrons. The van der Waals surface area contributed by atoms with Crippen LogP contribution in [-0.4, -0.2) is 5.91 Å². The van der Waals surface area contributed by atoms with Gasteiger partial charge in [-0.25, -0.2) is 0 Å². The summed E-state index contributed by atoms with van der Waals surface area (Å²) in [5, 5.41) is 0. The van der Waals surface area contributed by atoms with Crippen LogP contribution in [0.15, 0.2) is 24.3 Å². The number of hydrogen-bond acceptors (Lipinski definition) is 2. The van der Waals surface area contributed by atoms with Gasteiger partial charge in [0.1, 0.15) is 0 Å². The molecule has 1 aromatic rings. The third-order valence-electron chi connectivity index (χ3n) is 2.24. The van der Waals surface area contributed by atoms with E-state index in [4.69, 9.17) is 11.5 Å². The Morgan fingerprint density at radius 2 is 1.93 bits per heavy atom. The van der Waals surface area contributed by atoms with Crippen LogP contribution in [0.25, 0.3) is 0 Å². The number of amides is 1. The number of nitrogens with two attached hydrogens (primary N) is 2. The smallest absolute Gasteiger partial charge is 0.219 e. The topological polar surface area (TPSA) is 69.1 Å². The Hall–Kier alpha value is -1.35. The zero-order valence-electron chi connectivity index (χ0n) is 8.36. The maximum absolute atomic E-state index is 10.6. The van der Waals surface area contributed by atoms with Gasteiger partial charge in [0, 0.05) is 12.5 Å². The Labute approximate surface area is 84.1 Å². The number of carbonyl (C=O) groups excluding carboxylic acids is 1. The minimum atomic E-state index is -0.364. The SMILES string of the molecule is CCc1ccc([C@H](N)CC(N)=O)cc1. The molecule has 0 heterocycles. The van der Waals surface area contributed by atoms with Crippen molar-refractivity contribution < 1.29 is 4.79 Å². The van der Waals surface area contributed by atoms with E-state index in [1.165, 1.54) is 5.56 Å². The molecule has 1 rings (SSSR count). The van der Waals surface area contributed by atoms with Crippen LogP contribution >= 0.6 is 0 Å². The Balaban J connectivity index is 2.71. The molecule has 3 nitrogen and oxygen atoms in total. The van der Waals surface area contributed by atoms with Gasteiger partial charge in [-0.15, -0.1) is 0 Å². The van der Waals surface area contributed by atoms with E-state index >= 15 is 0 Å². The van der Waals surface area contributed by atoms with E-state index in [2.05, 4.69) is 6.92 Å². The molecular weight excluding hydrogens is 176 g/mol. The van der Waals surface area contributed by atoms with Crippen molar-refractivity contribution in [3.05, 3.63) is 35.4 Å². The van der Waals surface area contributed by atoms with Crippen LogP contribution < -0.4 is 11.5 Å². The zero-order valence-corrected chi connectivity index (χ0v) is 8.36. The van der Waals surface area contributed by atoms with Gasteiger partial charge in [0.25, 0.3) is 0 Å². The average molecular weight is 192 g/mol. The van der Waals surface area contributed by atoms with Crippen LogP contribution in [0.2, 0.25) is 0 Å². The Bertz CT molecular complexity index is 306. The predicted molar refractivity (Wildman–Crippen MR) is 56.6 cm³/mol. The maximum Gasteiger partial charge on any atom is 0.219 e. The van der Waals surface area contributed by atoms with E-state index in [-0.39, 0.29) is 18.4 Å². The van der Waals surface area contributed by atoms with Crippen LogP contribution in [0.4, 0.5) is 0 Å². The van der Waals surface area contributed by atoms with Gasteiger partial charge in [-0.2, -0.15) is 0 Å². The van der Waals surface area contributed by atoms with E-state index in [0.717, 1.165) is 12.0 Å². The highest BCUT2D eigenvalue weighted by molar-refractivity contribution is 5.74. The van der Waals surface area contributed by atoms with Gasteiger partial charge in [0.05, 0.1) is 0 Å². The molecule has 1 atom stereocenters. The highest BCUT2D eigenvalue weighted by atomic mass is 16.1. The molecule has 1 aromatic carbocycles. The van der Waals surface area contributed by atoms with E-state index in [1.807, 2.05) is 24.3 Å². The summed E-state index contributed by atoms with van der Waals surface area (Å²) in [4.78, 5) is 10.6. The quantitative estimate of drug-likeness (QED) is 0.750. The van der Waals surface area contributed by atoms with Gasteiger partial charge in [0.15, 0.2) is 0 Å². The van der Waals surface area contributed by atoms with E-state index < -0.39 is 0 Å². The normalized spacial score (nSPS) is 12.4. The van der Waals surface area contributed by atoms with Crippen molar-refractivity contribution in [1.29, 1.82) is 0 Å². The van der Waals surface area contributed by atoms with Crippen molar-refractivity contribution in [1.82, 2.24) is 0 Å². The molecule has 14 heavy (non-hydrogen) atoms. The number of rotatable bonds is 4. The van der Waals surface area contributed by atoms with Crippen molar-refractivity contribution in [2.24, 2.45) is 11.5 Å². The summed E-state index contributed by atoms with van der Waals surface area (Å²) in [7, 11) is 0. The lowest BCUT2D eigenvalue weighted by atomic mass is 10.0. The predicted octanol–water partition coefficient (Wildman–Crippen LogP) is 1.12. The molecule has 0 radical (unpaired) electrons. The van der Waals surface area contributed by atoms with Crippen molar-refractivity contribution in [2.75, 3.05) is 0 Å². The summed E-state index contributed by atoms with van der Waals surface area (Å²) in [6.45, 7) is 2.10. The van der Waals surface area contributed by atoms with E-state index in [1.54, 1.807) is 0 Å². The number of primary amides is 1. The highest BCUT2D eigenvalue weighted by Gasteiger charge is 2.08. The van der Waals surface area contributed by atoms with Crippen LogP contribution in [0.3, 0.4) is 0 Å². The molecule has 0 aliphatic rings. The molecule has 0 spiro atoms. The van der Waals surface area contributed by atoms with Gasteiger partial charge < -0.3 is 11.5 Å². The second-order valence-electron chi connectivity index (χ2n) is 3.37. The summed E-state index contributed by atoms with van der Waals surface area (Å²) >= 11 is 0. The molecule has 0 aliphatic heterocycles. The van der Waals surface area contributed by atoms with Crippen LogP contribution in [0.5, 0.6) is 0 Å². The fourth-order valence-corrected chi connectivity index (χ4v) is 1.34. The van der Waals surface area contributed by atoms with E-state index in [0.29, 0.717) is 0 Å². The molecule has 0 fully saturated rings. The first-order chi connectivity index (χ1) is 6.63. The van der Waals surface area contributed by atoms with Crippen LogP contribution in [0.1, 0.15) is 30.5 Å². The zero-order chi connectivity index (χ0) is 10.6. The largest absolute Gasteiger partial charge is 0.370 e. The first kappa shape index (κ1) is 10.7. The lowest BCUT2D eigenvalue weighted by Crippen LogP contribution is -2.20. The van der Waals surface area contributed by atoms with Crippen molar-refractivity contribution in [2.45, 2.75) is 25.8 Å². The Morgan fingerprint density at radius 1 is 1.36 bits per heavy atom. The second kappa shape index (κ2) is 4.77. The maximum atomic E-state index is 10.6. The molecule has 0 unspecified atom stereocenters. The summed E-state index contributed by atoms with van der Waals surface area (Å²) in [5.74, 6) is -0.364. The van der Waals surface area contributed by atoms with Gasteiger partial charge in [0.2, 0.25) is 5.91 Å². The molecule has 1 amide bonds. The third-order valence-corrected chi connectivity index (χ3v) is 2.24. The first-order valence-corrected chi connectivity index (χ1v) is 4.76. The summed E-state index contributed by atoms with van der Waals surface area (Å²) in [5.41, 5.74) is 13.1. The minimum Gasteiger partial charge on any atom is -0.370 e. The minimum absolute atomic E-state index is 0.200. The van der Waals surface area contributed by atoms with Gasteiger partial charge in [-0.05, 0) is 17.5 Å². The van der Waals surface area contributed by atoms with Crippen molar-refractivity contribution >= 4 is 5.91 Å². The number of carbonyl (C=O) groups is 1. The lowest BCUT2D eigenvalue weighted by molar-refractivity contribution is -0.118. The van der Waals surface area contributed by atoms with Gasteiger partial charge >= 0.3 is 0 Å². The lowest BCUT2D eigenvalue weighted by Gasteiger charge is -2.09. The van der Waals surface area contributed by atoms with E-state index in [9.17, 15) is 4.79 Å². The van der Waals surface area contributed by atoms with Gasteiger partial charge in [-0.1, -0.05) is 31.2 Å². The molecule has 3 heteroatoms. The fraction of sp³-hybridized carbons (Fsp3) is 0.364. The highest BCUT2D eigenvalue weighted by Crippen LogP contribution is 2.14. The summed E-state index contributed by atoms with van der Waals surface area (Å²) < 4.78 is 0. The molecule has 0 aliphatic carbocycles. The molecule has 0 saturated heterocycles. The second-order valence-corrected chi connectivity index (χ2v) is 3.37. The molecular formula is C11H16N2O. The average Bonchev–Trinajstić information content (AvgIpc) is 2.17. The Morgan fingerprint density at radius 3 is 2.36 bits per heavy atom. The van der Waals surface area contributed by atoms with Crippen molar-refractivity contribution in [3.63, 3.8) is 0 Å². The third kappa shape index (κ3) is 2.85. The van der Waals surface area contributed by atoms with Crippen molar-refractivity contribution in [3.8, 4) is 0 Å². The molecule has 4 N–H and O–H groups in total. The monoisotopic (exact) mass is 192 g/mol. The standard InChI is InChI=1S/C11H16N2O/c1-2-8-3-5-9(6-4-8)10(12)7-11(13)14/h3-6,10H,2,7,12H2,1H3,(H2,13,14)/t10-/m1/s1. The molecule has 0 bridgehead atoms. The summed E-state index contributed by atoms with van der Waals surface area (Å²) in [6, 6.07) is 7.67. The number of hydrogen-bond donors (Lipinski definition) is 2. The first-order valence-electron chi connectivity index (χ1n) is 4.76. The number of aryl methyl sites for hydroxylation is 1. The fourth-order valence-electron chi connectivity index (χ4n) is 1.34. The van der Waals surface area contributed by atoms with Gasteiger partial charge in [-0.3, -0.25) is 4.79 Å². The molecule has 0 aromatic heterocycles. The summed E-state index contributed by atoms with van der Waals surface area (Å²) in [6.07, 6.45) is 1.21. The van der Waals surface area contributed by atoms with Crippen LogP contribution in [0, 0.1) is 0 Å². The van der Waals surface area contributed by atoms with Crippen LogP contribution in [-0.2, 0) is 11.2 Å².